The number of allylic oxidation sites excluding steroid dienone is 1. The monoisotopic (exact) mass is 211 g/mol. The maximum atomic E-state index is 10.9. The Labute approximate surface area is 91.4 Å². The van der Waals surface area contributed by atoms with E-state index in [1.54, 1.807) is 0 Å². The summed E-state index contributed by atoms with van der Waals surface area (Å²) >= 11 is 0. The number of carboxylic acid groups (broad SMARTS) is 1. The van der Waals surface area contributed by atoms with Gasteiger partial charge < -0.3 is 10.8 Å². The van der Waals surface area contributed by atoms with Gasteiger partial charge in [0.25, 0.3) is 0 Å². The molecule has 0 heterocycles. The fourth-order valence-electron chi connectivity index (χ4n) is 3.02. The van der Waals surface area contributed by atoms with E-state index in [9.17, 15) is 4.79 Å². The number of carbonyl (C=O) groups is 1. The van der Waals surface area contributed by atoms with Gasteiger partial charge in [0.15, 0.2) is 0 Å². The molecule has 0 aromatic carbocycles. The molecule has 86 valence electrons. The summed E-state index contributed by atoms with van der Waals surface area (Å²) in [6, 6.07) is 0. The molecule has 0 saturated heterocycles. The second-order valence-corrected chi connectivity index (χ2v) is 5.05. The van der Waals surface area contributed by atoms with E-state index in [-0.39, 0.29) is 11.8 Å². The average Bonchev–Trinajstić information content (AvgIpc) is 1.99. The smallest absolute Gasteiger partial charge is 0.303 e. The largest absolute Gasteiger partial charge is 0.481 e. The van der Waals surface area contributed by atoms with Crippen molar-refractivity contribution >= 4 is 5.97 Å². The molecule has 1 fully saturated rings. The lowest BCUT2D eigenvalue weighted by Crippen LogP contribution is -2.33. The molecule has 0 aromatic heterocycles. The standard InChI is InChI=1S/C12H21NO2/c1-9-5-10(2)7-12(6-9,3-4-13)8-11(14)15/h10H,1,3-8,13H2,2H3,(H,14,15). The molecule has 0 aromatic rings. The minimum Gasteiger partial charge on any atom is -0.481 e. The van der Waals surface area contributed by atoms with Crippen molar-refractivity contribution in [2.24, 2.45) is 17.1 Å². The second kappa shape index (κ2) is 4.79. The summed E-state index contributed by atoms with van der Waals surface area (Å²) in [4.78, 5) is 10.9. The van der Waals surface area contributed by atoms with Gasteiger partial charge in [-0.25, -0.2) is 0 Å². The van der Waals surface area contributed by atoms with E-state index in [1.165, 1.54) is 5.57 Å². The van der Waals surface area contributed by atoms with Gasteiger partial charge in [-0.2, -0.15) is 0 Å². The molecule has 0 spiro atoms. The number of rotatable bonds is 4. The van der Waals surface area contributed by atoms with Crippen molar-refractivity contribution in [3.05, 3.63) is 12.2 Å². The van der Waals surface area contributed by atoms with Crippen LogP contribution in [0.15, 0.2) is 12.2 Å². The molecule has 3 N–H and O–H groups in total. The maximum Gasteiger partial charge on any atom is 0.303 e. The highest BCUT2D eigenvalue weighted by atomic mass is 16.4. The zero-order chi connectivity index (χ0) is 11.5. The second-order valence-electron chi connectivity index (χ2n) is 5.05. The molecule has 15 heavy (non-hydrogen) atoms. The molecule has 0 amide bonds. The van der Waals surface area contributed by atoms with E-state index in [2.05, 4.69) is 13.5 Å². The summed E-state index contributed by atoms with van der Waals surface area (Å²) in [6.45, 7) is 6.74. The van der Waals surface area contributed by atoms with Crippen molar-refractivity contribution in [3.63, 3.8) is 0 Å². The summed E-state index contributed by atoms with van der Waals surface area (Å²) in [5.41, 5.74) is 6.64. The maximum absolute atomic E-state index is 10.9. The molecule has 2 unspecified atom stereocenters. The predicted molar refractivity (Wildman–Crippen MR) is 60.5 cm³/mol. The zero-order valence-electron chi connectivity index (χ0n) is 9.46. The number of nitrogens with two attached hydrogens (primary N) is 1. The van der Waals surface area contributed by atoms with Gasteiger partial charge in [-0.05, 0) is 43.6 Å². The topological polar surface area (TPSA) is 63.3 Å². The Hall–Kier alpha value is -0.830. The number of carboxylic acids is 1. The first kappa shape index (κ1) is 12.2. The Morgan fingerprint density at radius 3 is 2.87 bits per heavy atom. The van der Waals surface area contributed by atoms with Gasteiger partial charge in [-0.3, -0.25) is 4.79 Å². The van der Waals surface area contributed by atoms with Crippen molar-refractivity contribution in [3.8, 4) is 0 Å². The van der Waals surface area contributed by atoms with Crippen LogP contribution in [0.25, 0.3) is 0 Å². The first-order valence-electron chi connectivity index (χ1n) is 5.56. The van der Waals surface area contributed by atoms with Gasteiger partial charge in [0.2, 0.25) is 0 Å². The van der Waals surface area contributed by atoms with Crippen LogP contribution in [0.5, 0.6) is 0 Å². The minimum atomic E-state index is -0.717. The summed E-state index contributed by atoms with van der Waals surface area (Å²) in [6.07, 6.45) is 3.86. The fourth-order valence-corrected chi connectivity index (χ4v) is 3.02. The van der Waals surface area contributed by atoms with Crippen LogP contribution in [0.2, 0.25) is 0 Å². The van der Waals surface area contributed by atoms with E-state index in [4.69, 9.17) is 10.8 Å². The van der Waals surface area contributed by atoms with Crippen LogP contribution in [-0.2, 0) is 4.79 Å². The average molecular weight is 211 g/mol. The van der Waals surface area contributed by atoms with E-state index in [1.807, 2.05) is 0 Å². The lowest BCUT2D eigenvalue weighted by Gasteiger charge is -2.40. The van der Waals surface area contributed by atoms with Gasteiger partial charge in [-0.1, -0.05) is 19.1 Å². The minimum absolute atomic E-state index is 0.130. The Bertz CT molecular complexity index is 258. The predicted octanol–water partition coefficient (Wildman–Crippen LogP) is 2.17. The van der Waals surface area contributed by atoms with Crippen LogP contribution in [0, 0.1) is 11.3 Å². The lowest BCUT2D eigenvalue weighted by molar-refractivity contribution is -0.140. The van der Waals surface area contributed by atoms with Crippen LogP contribution in [-0.4, -0.2) is 17.6 Å². The number of aliphatic carboxylic acids is 1. The lowest BCUT2D eigenvalue weighted by atomic mass is 9.65. The third-order valence-electron chi connectivity index (χ3n) is 3.24. The van der Waals surface area contributed by atoms with Crippen LogP contribution < -0.4 is 5.73 Å². The molecule has 1 aliphatic carbocycles. The van der Waals surface area contributed by atoms with Gasteiger partial charge in [-0.15, -0.1) is 0 Å². The van der Waals surface area contributed by atoms with Crippen molar-refractivity contribution in [2.75, 3.05) is 6.54 Å². The fraction of sp³-hybridized carbons (Fsp3) is 0.750. The van der Waals surface area contributed by atoms with Gasteiger partial charge in [0, 0.05) is 0 Å². The summed E-state index contributed by atoms with van der Waals surface area (Å²) in [5, 5.41) is 8.96. The van der Waals surface area contributed by atoms with E-state index >= 15 is 0 Å². The Morgan fingerprint density at radius 2 is 2.40 bits per heavy atom. The Morgan fingerprint density at radius 1 is 1.73 bits per heavy atom. The highest BCUT2D eigenvalue weighted by Crippen LogP contribution is 2.46. The molecule has 0 aliphatic heterocycles. The molecule has 1 rings (SSSR count). The molecule has 2 atom stereocenters. The first-order chi connectivity index (χ1) is 6.97. The van der Waals surface area contributed by atoms with E-state index < -0.39 is 5.97 Å². The third kappa shape index (κ3) is 3.34. The van der Waals surface area contributed by atoms with Gasteiger partial charge in [0.05, 0.1) is 6.42 Å². The van der Waals surface area contributed by atoms with E-state index in [0.717, 1.165) is 25.7 Å². The van der Waals surface area contributed by atoms with Crippen LogP contribution in [0.4, 0.5) is 0 Å². The molecule has 3 nitrogen and oxygen atoms in total. The summed E-state index contributed by atoms with van der Waals surface area (Å²) in [7, 11) is 0. The first-order valence-corrected chi connectivity index (χ1v) is 5.56. The van der Waals surface area contributed by atoms with Crippen molar-refractivity contribution in [1.82, 2.24) is 0 Å². The van der Waals surface area contributed by atoms with Gasteiger partial charge >= 0.3 is 5.97 Å². The normalized spacial score (nSPS) is 31.6. The molecule has 0 bridgehead atoms. The molecule has 0 radical (unpaired) electrons. The molecular weight excluding hydrogens is 190 g/mol. The molecular formula is C12H21NO2. The van der Waals surface area contributed by atoms with Crippen LogP contribution in [0.3, 0.4) is 0 Å². The van der Waals surface area contributed by atoms with Crippen LogP contribution in [0.1, 0.15) is 39.0 Å². The Kier molecular flexibility index (Phi) is 3.91. The van der Waals surface area contributed by atoms with Gasteiger partial charge in [0.1, 0.15) is 0 Å². The summed E-state index contributed by atoms with van der Waals surface area (Å²) in [5.74, 6) is -0.178. The molecule has 1 aliphatic rings. The molecule has 1 saturated carbocycles. The zero-order valence-corrected chi connectivity index (χ0v) is 9.46. The quantitative estimate of drug-likeness (QED) is 0.700. The van der Waals surface area contributed by atoms with Crippen LogP contribution >= 0.6 is 0 Å². The number of hydrogen-bond donors (Lipinski definition) is 2. The van der Waals surface area contributed by atoms with Crippen molar-refractivity contribution in [2.45, 2.75) is 39.0 Å². The summed E-state index contributed by atoms with van der Waals surface area (Å²) < 4.78 is 0. The Balaban J connectivity index is 2.78. The number of hydrogen-bond acceptors (Lipinski definition) is 2. The molecule has 3 heteroatoms. The third-order valence-corrected chi connectivity index (χ3v) is 3.24. The highest BCUT2D eigenvalue weighted by Gasteiger charge is 2.37. The van der Waals surface area contributed by atoms with Crippen molar-refractivity contribution < 1.29 is 9.90 Å². The highest BCUT2D eigenvalue weighted by molar-refractivity contribution is 5.67. The van der Waals surface area contributed by atoms with Crippen molar-refractivity contribution in [1.29, 1.82) is 0 Å². The SMILES string of the molecule is C=C1CC(C)CC(CCN)(CC(=O)O)C1. The van der Waals surface area contributed by atoms with E-state index in [0.29, 0.717) is 12.5 Å².